The van der Waals surface area contributed by atoms with Gasteiger partial charge in [-0.1, -0.05) is 63.2 Å². The van der Waals surface area contributed by atoms with Crippen molar-refractivity contribution in [3.8, 4) is 0 Å². The molecular formula is C24H27N3O. The van der Waals surface area contributed by atoms with Crippen LogP contribution in [0.4, 0.5) is 0 Å². The molecule has 1 aromatic carbocycles. The summed E-state index contributed by atoms with van der Waals surface area (Å²) >= 11 is 0. The summed E-state index contributed by atoms with van der Waals surface area (Å²) in [5, 5.41) is 4.14. The fourth-order valence-electron chi connectivity index (χ4n) is 5.41. The lowest BCUT2D eigenvalue weighted by Gasteiger charge is -2.50. The topological polar surface area (TPSA) is 51.8 Å². The molecule has 28 heavy (non-hydrogen) atoms. The normalized spacial score (nSPS) is 26.3. The number of nitrogens with zero attached hydrogens (tertiary/aromatic N) is 3. The van der Waals surface area contributed by atoms with Crippen LogP contribution in [0.25, 0.3) is 0 Å². The maximum absolute atomic E-state index is 5.68. The monoisotopic (exact) mass is 373 g/mol. The van der Waals surface area contributed by atoms with E-state index in [1.54, 1.807) is 0 Å². The number of hydrogen-bond acceptors (Lipinski definition) is 4. The van der Waals surface area contributed by atoms with Gasteiger partial charge in [-0.15, -0.1) is 0 Å². The molecule has 3 atom stereocenters. The standard InChI is InChI=1S/C24H27N3O/c1-15-19-11-10-16-13-25-22(23(2,3)4)27-21(16)24(19,18-8-6-5-7-9-18)12-17-14-26-28-20(15)17/h5-9,13-15,19H,10-12H2,1-4H3/t15-,19-,24+/m0/s1. The van der Waals surface area contributed by atoms with Crippen molar-refractivity contribution < 1.29 is 4.52 Å². The highest BCUT2D eigenvalue weighted by Gasteiger charge is 2.53. The molecule has 4 heteroatoms. The van der Waals surface area contributed by atoms with Gasteiger partial charge < -0.3 is 4.52 Å². The Balaban J connectivity index is 1.81. The Morgan fingerprint density at radius 2 is 1.86 bits per heavy atom. The van der Waals surface area contributed by atoms with Crippen molar-refractivity contribution in [2.45, 2.75) is 63.7 Å². The van der Waals surface area contributed by atoms with Crippen molar-refractivity contribution in [1.29, 1.82) is 0 Å². The summed E-state index contributed by atoms with van der Waals surface area (Å²) in [6.07, 6.45) is 7.01. The van der Waals surface area contributed by atoms with E-state index in [4.69, 9.17) is 14.5 Å². The van der Waals surface area contributed by atoms with Gasteiger partial charge in [0.2, 0.25) is 0 Å². The van der Waals surface area contributed by atoms with E-state index in [1.165, 1.54) is 22.4 Å². The first-order valence-corrected chi connectivity index (χ1v) is 10.3. The third-order valence-electron chi connectivity index (χ3n) is 6.77. The van der Waals surface area contributed by atoms with Crippen molar-refractivity contribution >= 4 is 0 Å². The molecule has 2 heterocycles. The van der Waals surface area contributed by atoms with Gasteiger partial charge in [-0.2, -0.15) is 0 Å². The van der Waals surface area contributed by atoms with Gasteiger partial charge in [-0.3, -0.25) is 0 Å². The van der Waals surface area contributed by atoms with Crippen molar-refractivity contribution in [2.24, 2.45) is 5.92 Å². The second-order valence-corrected chi connectivity index (χ2v) is 9.48. The van der Waals surface area contributed by atoms with Gasteiger partial charge in [0.25, 0.3) is 0 Å². The molecule has 2 aromatic heterocycles. The highest BCUT2D eigenvalue weighted by molar-refractivity contribution is 5.48. The predicted octanol–water partition coefficient (Wildman–Crippen LogP) is 4.97. The number of aryl methyl sites for hydroxylation is 1. The molecule has 0 N–H and O–H groups in total. The maximum atomic E-state index is 5.68. The molecule has 0 bridgehead atoms. The second-order valence-electron chi connectivity index (χ2n) is 9.48. The first-order valence-electron chi connectivity index (χ1n) is 10.3. The molecule has 3 aromatic rings. The molecule has 0 saturated carbocycles. The summed E-state index contributed by atoms with van der Waals surface area (Å²) < 4.78 is 5.68. The van der Waals surface area contributed by atoms with E-state index in [2.05, 4.69) is 69.4 Å². The molecule has 0 aliphatic heterocycles. The van der Waals surface area contributed by atoms with Crippen LogP contribution in [-0.2, 0) is 23.7 Å². The minimum atomic E-state index is -0.157. The molecule has 0 saturated heterocycles. The van der Waals surface area contributed by atoms with E-state index in [1.807, 2.05) is 6.20 Å². The fraction of sp³-hybridized carbons (Fsp3) is 0.458. The molecular weight excluding hydrogens is 346 g/mol. The first-order chi connectivity index (χ1) is 13.4. The largest absolute Gasteiger partial charge is 0.361 e. The van der Waals surface area contributed by atoms with Crippen molar-refractivity contribution in [3.05, 3.63) is 76.7 Å². The summed E-state index contributed by atoms with van der Waals surface area (Å²) in [5.41, 5.74) is 4.83. The van der Waals surface area contributed by atoms with Crippen LogP contribution in [0.2, 0.25) is 0 Å². The van der Waals surface area contributed by atoms with E-state index in [9.17, 15) is 0 Å². The Kier molecular flexibility index (Phi) is 3.77. The van der Waals surface area contributed by atoms with Gasteiger partial charge in [0.1, 0.15) is 11.6 Å². The molecule has 4 nitrogen and oxygen atoms in total. The number of aromatic nitrogens is 3. The molecule has 0 unspecified atom stereocenters. The average molecular weight is 374 g/mol. The van der Waals surface area contributed by atoms with Crippen LogP contribution < -0.4 is 0 Å². The Bertz CT molecular complexity index is 1020. The Hall–Kier alpha value is -2.49. The Morgan fingerprint density at radius 3 is 2.61 bits per heavy atom. The van der Waals surface area contributed by atoms with E-state index in [0.29, 0.717) is 11.8 Å². The zero-order valence-corrected chi connectivity index (χ0v) is 17.1. The SMILES string of the molecule is C[C@@H]1c2oncc2C[C@]2(c3ccccc3)c3nc(C(C)(C)C)ncc3CC[C@@H]12. The lowest BCUT2D eigenvalue weighted by Crippen LogP contribution is -2.48. The van der Waals surface area contributed by atoms with Crippen LogP contribution in [0.3, 0.4) is 0 Å². The van der Waals surface area contributed by atoms with Crippen LogP contribution in [0.15, 0.2) is 47.2 Å². The molecule has 2 aliphatic carbocycles. The van der Waals surface area contributed by atoms with Crippen molar-refractivity contribution in [2.75, 3.05) is 0 Å². The van der Waals surface area contributed by atoms with Crippen LogP contribution >= 0.6 is 0 Å². The maximum Gasteiger partial charge on any atom is 0.143 e. The van der Waals surface area contributed by atoms with Crippen LogP contribution in [0.5, 0.6) is 0 Å². The molecule has 0 spiro atoms. The minimum absolute atomic E-state index is 0.0809. The molecule has 144 valence electrons. The zero-order valence-electron chi connectivity index (χ0n) is 17.1. The highest BCUT2D eigenvalue weighted by Crippen LogP contribution is 2.56. The molecule has 2 aliphatic rings. The smallest absolute Gasteiger partial charge is 0.143 e. The third-order valence-corrected chi connectivity index (χ3v) is 6.77. The first kappa shape index (κ1) is 17.6. The van der Waals surface area contributed by atoms with Crippen molar-refractivity contribution in [1.82, 2.24) is 15.1 Å². The van der Waals surface area contributed by atoms with Gasteiger partial charge in [0, 0.05) is 28.5 Å². The summed E-state index contributed by atoms with van der Waals surface area (Å²) in [5.74, 6) is 2.73. The number of benzene rings is 1. The quantitative estimate of drug-likeness (QED) is 0.604. The van der Waals surface area contributed by atoms with Crippen LogP contribution in [-0.4, -0.2) is 15.1 Å². The molecule has 0 fully saturated rings. The van der Waals surface area contributed by atoms with Crippen LogP contribution in [0.1, 0.15) is 74.0 Å². The average Bonchev–Trinajstić information content (AvgIpc) is 3.16. The molecule has 0 radical (unpaired) electrons. The second kappa shape index (κ2) is 6.00. The Labute approximate surface area is 166 Å². The number of fused-ring (bicyclic) bond motifs is 4. The lowest BCUT2D eigenvalue weighted by molar-refractivity contribution is 0.188. The predicted molar refractivity (Wildman–Crippen MR) is 108 cm³/mol. The summed E-state index contributed by atoms with van der Waals surface area (Å²) in [6, 6.07) is 10.9. The highest BCUT2D eigenvalue weighted by atomic mass is 16.5. The minimum Gasteiger partial charge on any atom is -0.361 e. The Morgan fingerprint density at radius 1 is 1.07 bits per heavy atom. The van der Waals surface area contributed by atoms with Gasteiger partial charge >= 0.3 is 0 Å². The van der Waals surface area contributed by atoms with E-state index in [0.717, 1.165) is 30.8 Å². The van der Waals surface area contributed by atoms with Gasteiger partial charge in [-0.05, 0) is 36.3 Å². The third kappa shape index (κ3) is 2.40. The summed E-state index contributed by atoms with van der Waals surface area (Å²) in [4.78, 5) is 9.98. The summed E-state index contributed by atoms with van der Waals surface area (Å²) in [6.45, 7) is 8.85. The summed E-state index contributed by atoms with van der Waals surface area (Å²) in [7, 11) is 0. The fourth-order valence-corrected chi connectivity index (χ4v) is 5.41. The van der Waals surface area contributed by atoms with Crippen molar-refractivity contribution in [3.63, 3.8) is 0 Å². The van der Waals surface area contributed by atoms with E-state index in [-0.39, 0.29) is 10.8 Å². The zero-order chi connectivity index (χ0) is 19.5. The number of rotatable bonds is 1. The van der Waals surface area contributed by atoms with Crippen LogP contribution in [0, 0.1) is 5.92 Å². The molecule has 5 rings (SSSR count). The van der Waals surface area contributed by atoms with Gasteiger partial charge in [0.15, 0.2) is 0 Å². The van der Waals surface area contributed by atoms with E-state index < -0.39 is 0 Å². The van der Waals surface area contributed by atoms with Gasteiger partial charge in [0.05, 0.1) is 11.9 Å². The lowest BCUT2D eigenvalue weighted by atomic mass is 9.53. The van der Waals surface area contributed by atoms with Gasteiger partial charge in [-0.25, -0.2) is 9.97 Å². The van der Waals surface area contributed by atoms with E-state index >= 15 is 0 Å². The number of hydrogen-bond donors (Lipinski definition) is 0. The molecule has 0 amide bonds.